The molecule has 1 aliphatic rings. The van der Waals surface area contributed by atoms with Gasteiger partial charge in [-0.3, -0.25) is 14.4 Å². The molecule has 1 saturated heterocycles. The Morgan fingerprint density at radius 1 is 1.60 bits per heavy atom. The number of aromatic nitrogens is 2. The van der Waals surface area contributed by atoms with Crippen LogP contribution in [0.4, 0.5) is 5.82 Å². The number of anilines is 1. The van der Waals surface area contributed by atoms with Crippen LogP contribution in [0, 0.1) is 12.3 Å². The van der Waals surface area contributed by atoms with E-state index in [9.17, 15) is 9.90 Å². The third-order valence-corrected chi connectivity index (χ3v) is 3.88. The van der Waals surface area contributed by atoms with Crippen molar-refractivity contribution in [3.63, 3.8) is 0 Å². The van der Waals surface area contributed by atoms with E-state index < -0.39 is 0 Å². The van der Waals surface area contributed by atoms with Crippen LogP contribution in [-0.2, 0) is 11.8 Å². The summed E-state index contributed by atoms with van der Waals surface area (Å²) >= 11 is 0. The number of hydrogen-bond acceptors (Lipinski definition) is 4. The van der Waals surface area contributed by atoms with Gasteiger partial charge in [-0.2, -0.15) is 5.10 Å². The monoisotopic (exact) mass is 280 g/mol. The zero-order valence-corrected chi connectivity index (χ0v) is 12.5. The molecule has 1 fully saturated rings. The van der Waals surface area contributed by atoms with Crippen LogP contribution < -0.4 is 5.32 Å². The molecule has 1 amide bonds. The summed E-state index contributed by atoms with van der Waals surface area (Å²) < 4.78 is 1.67. The molecule has 2 N–H and O–H groups in total. The van der Waals surface area contributed by atoms with Crippen molar-refractivity contribution in [1.82, 2.24) is 14.7 Å². The van der Waals surface area contributed by atoms with Gasteiger partial charge in [-0.15, -0.1) is 0 Å². The number of amides is 1. The Bertz CT molecular complexity index is 486. The first kappa shape index (κ1) is 15.0. The van der Waals surface area contributed by atoms with Gasteiger partial charge in [-0.25, -0.2) is 0 Å². The smallest absolute Gasteiger partial charge is 0.239 e. The van der Waals surface area contributed by atoms with Crippen molar-refractivity contribution in [2.75, 3.05) is 31.6 Å². The van der Waals surface area contributed by atoms with Crippen LogP contribution >= 0.6 is 0 Å². The van der Waals surface area contributed by atoms with Crippen LogP contribution in [0.25, 0.3) is 0 Å². The largest absolute Gasteiger partial charge is 0.396 e. The fraction of sp³-hybridized carbons (Fsp3) is 0.714. The minimum Gasteiger partial charge on any atom is -0.396 e. The number of aliphatic hydroxyl groups excluding tert-OH is 1. The van der Waals surface area contributed by atoms with Gasteiger partial charge in [0.2, 0.25) is 5.91 Å². The van der Waals surface area contributed by atoms with Crippen molar-refractivity contribution >= 4 is 11.7 Å². The van der Waals surface area contributed by atoms with E-state index in [1.807, 2.05) is 20.0 Å². The molecule has 6 heteroatoms. The normalized spacial score (nSPS) is 23.8. The number of carbonyl (C=O) groups is 1. The summed E-state index contributed by atoms with van der Waals surface area (Å²) in [6.45, 7) is 6.18. The molecule has 0 aromatic carbocycles. The summed E-state index contributed by atoms with van der Waals surface area (Å²) in [5.74, 6) is 0.685. The Morgan fingerprint density at radius 3 is 2.95 bits per heavy atom. The lowest BCUT2D eigenvalue weighted by Gasteiger charge is -2.38. The Kier molecular flexibility index (Phi) is 4.45. The van der Waals surface area contributed by atoms with E-state index in [0.717, 1.165) is 37.4 Å². The van der Waals surface area contributed by atoms with Crippen molar-refractivity contribution in [3.8, 4) is 0 Å². The second-order valence-electron chi connectivity index (χ2n) is 6.13. The van der Waals surface area contributed by atoms with Gasteiger partial charge in [0, 0.05) is 31.7 Å². The third kappa shape index (κ3) is 3.58. The summed E-state index contributed by atoms with van der Waals surface area (Å²) in [7, 11) is 1.81. The first-order chi connectivity index (χ1) is 9.42. The molecular weight excluding hydrogens is 256 g/mol. The molecular formula is C14H24N4O2. The van der Waals surface area contributed by atoms with Gasteiger partial charge in [-0.05, 0) is 26.3 Å². The van der Waals surface area contributed by atoms with Gasteiger partial charge in [0.05, 0.1) is 12.2 Å². The number of carbonyl (C=O) groups excluding carboxylic acids is 1. The maximum Gasteiger partial charge on any atom is 0.239 e. The van der Waals surface area contributed by atoms with E-state index in [-0.39, 0.29) is 17.9 Å². The topological polar surface area (TPSA) is 70.4 Å². The van der Waals surface area contributed by atoms with Gasteiger partial charge in [0.15, 0.2) is 0 Å². The molecule has 112 valence electrons. The van der Waals surface area contributed by atoms with Crippen LogP contribution in [0.5, 0.6) is 0 Å². The highest BCUT2D eigenvalue weighted by Gasteiger charge is 2.31. The zero-order chi connectivity index (χ0) is 14.8. The molecule has 0 saturated carbocycles. The summed E-state index contributed by atoms with van der Waals surface area (Å²) in [6, 6.07) is 1.85. The quantitative estimate of drug-likeness (QED) is 0.854. The molecule has 0 unspecified atom stereocenters. The number of hydrogen-bond donors (Lipinski definition) is 2. The summed E-state index contributed by atoms with van der Waals surface area (Å²) in [5, 5.41) is 16.5. The Labute approximate surface area is 119 Å². The van der Waals surface area contributed by atoms with Crippen molar-refractivity contribution in [2.45, 2.75) is 26.7 Å². The first-order valence-corrected chi connectivity index (χ1v) is 7.06. The molecule has 1 aliphatic heterocycles. The van der Waals surface area contributed by atoms with Gasteiger partial charge >= 0.3 is 0 Å². The maximum atomic E-state index is 12.1. The first-order valence-electron chi connectivity index (χ1n) is 7.06. The Hall–Kier alpha value is -1.40. The lowest BCUT2D eigenvalue weighted by molar-refractivity contribution is -0.118. The predicted molar refractivity (Wildman–Crippen MR) is 77.4 cm³/mol. The van der Waals surface area contributed by atoms with Crippen molar-refractivity contribution in [2.24, 2.45) is 12.5 Å². The van der Waals surface area contributed by atoms with Crippen LogP contribution in [0.3, 0.4) is 0 Å². The fourth-order valence-corrected chi connectivity index (χ4v) is 2.80. The Morgan fingerprint density at radius 2 is 2.35 bits per heavy atom. The number of aryl methyl sites for hydroxylation is 2. The summed E-state index contributed by atoms with van der Waals surface area (Å²) in [4.78, 5) is 14.2. The molecule has 1 atom stereocenters. The van der Waals surface area contributed by atoms with E-state index in [2.05, 4.69) is 22.2 Å². The van der Waals surface area contributed by atoms with E-state index in [4.69, 9.17) is 0 Å². The van der Waals surface area contributed by atoms with Gasteiger partial charge in [0.25, 0.3) is 0 Å². The third-order valence-electron chi connectivity index (χ3n) is 3.88. The molecule has 20 heavy (non-hydrogen) atoms. The number of likely N-dealkylation sites (tertiary alicyclic amines) is 1. The minimum absolute atomic E-state index is 0.0322. The summed E-state index contributed by atoms with van der Waals surface area (Å²) in [5.41, 5.74) is 0.801. The molecule has 2 rings (SSSR count). The van der Waals surface area contributed by atoms with Crippen LogP contribution in [0.1, 0.15) is 25.5 Å². The van der Waals surface area contributed by atoms with Gasteiger partial charge in [-0.1, -0.05) is 6.92 Å². The Balaban J connectivity index is 1.90. The highest BCUT2D eigenvalue weighted by Crippen LogP contribution is 2.28. The van der Waals surface area contributed by atoms with Crippen LogP contribution in [-0.4, -0.2) is 51.9 Å². The SMILES string of the molecule is Cc1cc(NC(=O)CN2CCC[C@@](C)(CO)C2)n(C)n1. The highest BCUT2D eigenvalue weighted by molar-refractivity contribution is 5.91. The number of aliphatic hydroxyl groups is 1. The number of nitrogens with zero attached hydrogens (tertiary/aromatic N) is 3. The maximum absolute atomic E-state index is 12.1. The molecule has 0 bridgehead atoms. The minimum atomic E-state index is -0.0817. The molecule has 6 nitrogen and oxygen atoms in total. The lowest BCUT2D eigenvalue weighted by Crippen LogP contribution is -2.46. The molecule has 1 aromatic rings. The van der Waals surface area contributed by atoms with Crippen molar-refractivity contribution in [3.05, 3.63) is 11.8 Å². The second-order valence-corrected chi connectivity index (χ2v) is 6.13. The van der Waals surface area contributed by atoms with E-state index in [0.29, 0.717) is 6.54 Å². The predicted octanol–water partition coefficient (Wildman–Crippen LogP) is 0.761. The molecule has 0 spiro atoms. The van der Waals surface area contributed by atoms with E-state index in [1.165, 1.54) is 0 Å². The van der Waals surface area contributed by atoms with Crippen LogP contribution in [0.2, 0.25) is 0 Å². The molecule has 2 heterocycles. The molecule has 0 aliphatic carbocycles. The molecule has 1 aromatic heterocycles. The summed E-state index contributed by atoms with van der Waals surface area (Å²) in [6.07, 6.45) is 2.04. The standard InChI is InChI=1S/C14H24N4O2/c1-11-7-12(17(3)16-11)15-13(20)8-18-6-4-5-14(2,9-18)10-19/h7,19H,4-6,8-10H2,1-3H3,(H,15,20)/t14-/m1/s1. The zero-order valence-electron chi connectivity index (χ0n) is 12.5. The van der Waals surface area contributed by atoms with Crippen molar-refractivity contribution in [1.29, 1.82) is 0 Å². The van der Waals surface area contributed by atoms with Crippen molar-refractivity contribution < 1.29 is 9.90 Å². The van der Waals surface area contributed by atoms with E-state index in [1.54, 1.807) is 4.68 Å². The average Bonchev–Trinajstić information content (AvgIpc) is 2.67. The average molecular weight is 280 g/mol. The van der Waals surface area contributed by atoms with Crippen LogP contribution in [0.15, 0.2) is 6.07 Å². The number of nitrogens with one attached hydrogen (secondary N) is 1. The van der Waals surface area contributed by atoms with Gasteiger partial charge in [0.1, 0.15) is 5.82 Å². The fourth-order valence-electron chi connectivity index (χ4n) is 2.80. The molecule has 0 radical (unpaired) electrons. The highest BCUT2D eigenvalue weighted by atomic mass is 16.3. The van der Waals surface area contributed by atoms with Gasteiger partial charge < -0.3 is 10.4 Å². The number of piperidine rings is 1. The van der Waals surface area contributed by atoms with E-state index >= 15 is 0 Å². The second kappa shape index (κ2) is 5.93. The number of rotatable bonds is 4. The lowest BCUT2D eigenvalue weighted by atomic mass is 9.83.